The smallest absolute Gasteiger partial charge is 0.233 e. The van der Waals surface area contributed by atoms with Crippen LogP contribution in [0.1, 0.15) is 23.3 Å². The lowest BCUT2D eigenvalue weighted by Crippen LogP contribution is -2.65. The summed E-state index contributed by atoms with van der Waals surface area (Å²) in [5.74, 6) is 0.0925. The van der Waals surface area contributed by atoms with Crippen molar-refractivity contribution in [2.45, 2.75) is 24.9 Å². The van der Waals surface area contributed by atoms with Crippen molar-refractivity contribution >= 4 is 17.2 Å². The third kappa shape index (κ3) is 2.82. The fourth-order valence-corrected chi connectivity index (χ4v) is 5.98. The van der Waals surface area contributed by atoms with Gasteiger partial charge in [-0.2, -0.15) is 0 Å². The number of thiophene rings is 1. The normalized spacial score (nSPS) is 22.5. The molecule has 1 aromatic heterocycles. The van der Waals surface area contributed by atoms with E-state index < -0.39 is 5.41 Å². The molecule has 148 valence electrons. The number of hydrogen-bond acceptors (Lipinski definition) is 5. The van der Waals surface area contributed by atoms with Crippen LogP contribution in [0.5, 0.6) is 0 Å². The van der Waals surface area contributed by atoms with Gasteiger partial charge in [0.1, 0.15) is 0 Å². The van der Waals surface area contributed by atoms with E-state index in [-0.39, 0.29) is 18.1 Å². The molecule has 3 aliphatic rings. The zero-order valence-corrected chi connectivity index (χ0v) is 16.8. The number of amides is 1. The van der Waals surface area contributed by atoms with Gasteiger partial charge in [-0.3, -0.25) is 4.79 Å². The van der Waals surface area contributed by atoms with Crippen molar-refractivity contribution in [3.8, 4) is 10.4 Å². The molecule has 2 saturated heterocycles. The van der Waals surface area contributed by atoms with Crippen LogP contribution in [-0.2, 0) is 21.6 Å². The molecule has 4 heterocycles. The number of nitrogens with one attached hydrogen (secondary N) is 1. The van der Waals surface area contributed by atoms with E-state index in [1.165, 1.54) is 20.9 Å². The molecule has 0 atom stereocenters. The van der Waals surface area contributed by atoms with Gasteiger partial charge in [0.15, 0.2) is 0 Å². The van der Waals surface area contributed by atoms with E-state index in [0.717, 1.165) is 25.9 Å². The number of fused-ring (bicyclic) bond motifs is 2. The van der Waals surface area contributed by atoms with Gasteiger partial charge in [-0.25, -0.2) is 0 Å². The molecule has 1 aromatic carbocycles. The summed E-state index contributed by atoms with van der Waals surface area (Å²) in [6.07, 6.45) is 2.62. The van der Waals surface area contributed by atoms with Gasteiger partial charge in [0.2, 0.25) is 5.91 Å². The van der Waals surface area contributed by atoms with E-state index in [1.54, 1.807) is 0 Å². The van der Waals surface area contributed by atoms with Gasteiger partial charge in [-0.1, -0.05) is 30.3 Å². The molecule has 28 heavy (non-hydrogen) atoms. The second-order valence-electron chi connectivity index (χ2n) is 8.24. The molecule has 5 rings (SSSR count). The summed E-state index contributed by atoms with van der Waals surface area (Å²) in [4.78, 5) is 17.6. The standard InChI is InChI=1S/C22H26N2O3S/c25-15-21(13-23-14-21)20(26)24-9-7-22(8-10-24)17-12-19(16-4-2-1-3-5-16)28-18(17)6-11-27-22/h1-5,12,23,25H,6-11,13-15H2. The lowest BCUT2D eigenvalue weighted by Gasteiger charge is -2.48. The topological polar surface area (TPSA) is 61.8 Å². The number of ether oxygens (including phenoxy) is 1. The van der Waals surface area contributed by atoms with Crippen LogP contribution in [0.4, 0.5) is 0 Å². The first kappa shape index (κ1) is 18.3. The average Bonchev–Trinajstić information content (AvgIpc) is 3.15. The van der Waals surface area contributed by atoms with E-state index in [0.29, 0.717) is 26.2 Å². The lowest BCUT2D eigenvalue weighted by atomic mass is 9.78. The van der Waals surface area contributed by atoms with E-state index in [4.69, 9.17) is 4.74 Å². The number of rotatable bonds is 3. The summed E-state index contributed by atoms with van der Waals surface area (Å²) in [6.45, 7) is 3.21. The number of carbonyl (C=O) groups is 1. The molecule has 2 aromatic rings. The van der Waals surface area contributed by atoms with E-state index in [1.807, 2.05) is 22.3 Å². The van der Waals surface area contributed by atoms with Gasteiger partial charge in [0.25, 0.3) is 0 Å². The second-order valence-corrected chi connectivity index (χ2v) is 9.38. The first-order chi connectivity index (χ1) is 13.7. The maximum Gasteiger partial charge on any atom is 0.233 e. The Labute approximate surface area is 169 Å². The van der Waals surface area contributed by atoms with Crippen molar-refractivity contribution in [2.24, 2.45) is 5.41 Å². The van der Waals surface area contributed by atoms with Gasteiger partial charge in [-0.05, 0) is 30.0 Å². The molecule has 0 radical (unpaired) electrons. The molecule has 0 aliphatic carbocycles. The van der Waals surface area contributed by atoms with E-state index in [9.17, 15) is 9.90 Å². The number of piperidine rings is 1. The predicted octanol–water partition coefficient (Wildman–Crippen LogP) is 2.39. The number of nitrogens with zero attached hydrogens (tertiary/aromatic N) is 1. The number of aliphatic hydroxyl groups excluding tert-OH is 1. The van der Waals surface area contributed by atoms with Gasteiger partial charge >= 0.3 is 0 Å². The predicted molar refractivity (Wildman–Crippen MR) is 109 cm³/mol. The number of carbonyl (C=O) groups excluding carboxylic acids is 1. The summed E-state index contributed by atoms with van der Waals surface area (Å²) in [5.41, 5.74) is 1.72. The van der Waals surface area contributed by atoms with Crippen LogP contribution in [0.25, 0.3) is 10.4 Å². The second kappa shape index (κ2) is 6.95. The largest absolute Gasteiger partial charge is 0.395 e. The molecule has 6 heteroatoms. The van der Waals surface area contributed by atoms with Crippen LogP contribution in [-0.4, -0.2) is 55.3 Å². The maximum atomic E-state index is 12.9. The molecule has 5 nitrogen and oxygen atoms in total. The molecular weight excluding hydrogens is 372 g/mol. The molecule has 3 aliphatic heterocycles. The van der Waals surface area contributed by atoms with Gasteiger partial charge in [0, 0.05) is 42.4 Å². The zero-order chi connectivity index (χ0) is 19.2. The Balaban J connectivity index is 1.37. The van der Waals surface area contributed by atoms with Gasteiger partial charge in [-0.15, -0.1) is 11.3 Å². The van der Waals surface area contributed by atoms with Crippen molar-refractivity contribution in [2.75, 3.05) is 39.4 Å². The summed E-state index contributed by atoms with van der Waals surface area (Å²) in [6, 6.07) is 12.8. The minimum atomic E-state index is -0.605. The molecule has 1 amide bonds. The Bertz CT molecular complexity index is 862. The first-order valence-electron chi connectivity index (χ1n) is 10.1. The zero-order valence-electron chi connectivity index (χ0n) is 15.9. The summed E-state index contributed by atoms with van der Waals surface area (Å²) >= 11 is 1.88. The van der Waals surface area contributed by atoms with Crippen LogP contribution in [0.2, 0.25) is 0 Å². The van der Waals surface area contributed by atoms with Crippen molar-refractivity contribution in [3.05, 3.63) is 46.8 Å². The molecule has 0 saturated carbocycles. The van der Waals surface area contributed by atoms with Crippen molar-refractivity contribution < 1.29 is 14.6 Å². The first-order valence-corrected chi connectivity index (χ1v) is 10.9. The van der Waals surface area contributed by atoms with Crippen LogP contribution in [0.15, 0.2) is 36.4 Å². The van der Waals surface area contributed by atoms with Crippen molar-refractivity contribution in [1.82, 2.24) is 10.2 Å². The number of benzene rings is 1. The lowest BCUT2D eigenvalue weighted by molar-refractivity contribution is -0.156. The highest BCUT2D eigenvalue weighted by Gasteiger charge is 2.49. The molecule has 2 fully saturated rings. The van der Waals surface area contributed by atoms with E-state index >= 15 is 0 Å². The highest BCUT2D eigenvalue weighted by atomic mass is 32.1. The number of aliphatic hydroxyl groups is 1. The molecule has 0 bridgehead atoms. The van der Waals surface area contributed by atoms with E-state index in [2.05, 4.69) is 35.6 Å². The Morgan fingerprint density at radius 1 is 1.21 bits per heavy atom. The monoisotopic (exact) mass is 398 g/mol. The summed E-state index contributed by atoms with van der Waals surface area (Å²) < 4.78 is 6.37. The highest BCUT2D eigenvalue weighted by molar-refractivity contribution is 7.15. The minimum Gasteiger partial charge on any atom is -0.395 e. The molecule has 0 unspecified atom stereocenters. The molecule has 2 N–H and O–H groups in total. The Hall–Kier alpha value is -1.73. The summed E-state index contributed by atoms with van der Waals surface area (Å²) in [5, 5.41) is 12.8. The quantitative estimate of drug-likeness (QED) is 0.834. The van der Waals surface area contributed by atoms with Crippen LogP contribution < -0.4 is 5.32 Å². The number of likely N-dealkylation sites (tertiary alicyclic amines) is 1. The maximum absolute atomic E-state index is 12.9. The number of hydrogen-bond donors (Lipinski definition) is 2. The Morgan fingerprint density at radius 3 is 2.61 bits per heavy atom. The molecular formula is C22H26N2O3S. The van der Waals surface area contributed by atoms with Crippen LogP contribution in [0.3, 0.4) is 0 Å². The van der Waals surface area contributed by atoms with Crippen LogP contribution >= 0.6 is 11.3 Å². The fourth-order valence-electron chi connectivity index (χ4n) is 4.74. The SMILES string of the molecule is O=C(N1CCC2(CC1)OCCc1sc(-c3ccccc3)cc12)C1(CO)CNC1. The highest BCUT2D eigenvalue weighted by Crippen LogP contribution is 2.47. The molecule has 1 spiro atoms. The average molecular weight is 399 g/mol. The van der Waals surface area contributed by atoms with Crippen LogP contribution in [0, 0.1) is 5.41 Å². The third-order valence-corrected chi connectivity index (χ3v) is 7.85. The van der Waals surface area contributed by atoms with Crippen molar-refractivity contribution in [1.29, 1.82) is 0 Å². The van der Waals surface area contributed by atoms with Gasteiger partial charge in [0.05, 0.1) is 24.2 Å². The summed E-state index contributed by atoms with van der Waals surface area (Å²) in [7, 11) is 0. The Kier molecular flexibility index (Phi) is 4.55. The third-order valence-electron chi connectivity index (χ3n) is 6.61. The minimum absolute atomic E-state index is 0.0773. The van der Waals surface area contributed by atoms with Crippen molar-refractivity contribution in [3.63, 3.8) is 0 Å². The van der Waals surface area contributed by atoms with Gasteiger partial charge < -0.3 is 20.1 Å². The Morgan fingerprint density at radius 2 is 1.96 bits per heavy atom. The fraction of sp³-hybridized carbons (Fsp3) is 0.500.